The van der Waals surface area contributed by atoms with Gasteiger partial charge in [0.25, 0.3) is 0 Å². The maximum Gasteiger partial charge on any atom is 1.00 e. The monoisotopic (exact) mass is 377 g/mol. The van der Waals surface area contributed by atoms with E-state index >= 15 is 0 Å². The molecule has 10 heteroatoms. The SMILES string of the molecule is O=C([O-])[C@H]1O[C@@H](Oc2ccc(Cl)c3cccnc23)[C@H](O)[C@@H](O)[C@@H]1O.[Na+]. The Balaban J connectivity index is 0.00000225. The molecule has 25 heavy (non-hydrogen) atoms. The average Bonchev–Trinajstić information content (AvgIpc) is 2.57. The molecule has 0 spiro atoms. The van der Waals surface area contributed by atoms with E-state index < -0.39 is 36.7 Å². The number of aliphatic hydroxyl groups is 3. The number of carboxylic acids is 1. The number of rotatable bonds is 3. The van der Waals surface area contributed by atoms with Crippen LogP contribution in [0.3, 0.4) is 0 Å². The molecule has 128 valence electrons. The number of carbonyl (C=O) groups is 1. The molecular formula is C15H13ClNNaO7. The van der Waals surface area contributed by atoms with Gasteiger partial charge in [0.15, 0.2) is 0 Å². The third kappa shape index (κ3) is 3.91. The molecule has 1 aromatic heterocycles. The number of carboxylic acid groups (broad SMARTS) is 1. The van der Waals surface area contributed by atoms with Gasteiger partial charge >= 0.3 is 29.6 Å². The van der Waals surface area contributed by atoms with Crippen molar-refractivity contribution < 1.29 is 64.3 Å². The molecule has 2 heterocycles. The van der Waals surface area contributed by atoms with Gasteiger partial charge < -0.3 is 34.7 Å². The predicted octanol–water partition coefficient (Wildman–Crippen LogP) is -4.17. The van der Waals surface area contributed by atoms with Crippen LogP contribution in [-0.4, -0.2) is 57.0 Å². The van der Waals surface area contributed by atoms with Gasteiger partial charge in [-0.25, -0.2) is 0 Å². The number of benzene rings is 1. The first-order valence-corrected chi connectivity index (χ1v) is 7.38. The Bertz CT molecular complexity index is 777. The van der Waals surface area contributed by atoms with Gasteiger partial charge in [0.2, 0.25) is 6.29 Å². The van der Waals surface area contributed by atoms with Gasteiger partial charge in [0, 0.05) is 11.6 Å². The summed E-state index contributed by atoms with van der Waals surface area (Å²) in [6.07, 6.45) is -7.18. The second-order valence-corrected chi connectivity index (χ2v) is 5.69. The van der Waals surface area contributed by atoms with Crippen molar-refractivity contribution in [2.24, 2.45) is 0 Å². The van der Waals surface area contributed by atoms with E-state index in [9.17, 15) is 25.2 Å². The Morgan fingerprint density at radius 3 is 2.60 bits per heavy atom. The van der Waals surface area contributed by atoms with Crippen molar-refractivity contribution in [3.05, 3.63) is 35.5 Å². The fourth-order valence-corrected chi connectivity index (χ4v) is 2.69. The van der Waals surface area contributed by atoms with Crippen molar-refractivity contribution in [3.8, 4) is 5.75 Å². The molecule has 3 N–H and O–H groups in total. The van der Waals surface area contributed by atoms with Crippen LogP contribution in [0.4, 0.5) is 0 Å². The zero-order valence-electron chi connectivity index (χ0n) is 13.1. The molecule has 0 saturated carbocycles. The molecule has 5 atom stereocenters. The zero-order chi connectivity index (χ0) is 17.4. The van der Waals surface area contributed by atoms with Crippen molar-refractivity contribution in [2.75, 3.05) is 0 Å². The predicted molar refractivity (Wildman–Crippen MR) is 79.1 cm³/mol. The molecule has 0 bridgehead atoms. The average molecular weight is 378 g/mol. The van der Waals surface area contributed by atoms with Crippen LogP contribution in [0.25, 0.3) is 10.9 Å². The normalized spacial score (nSPS) is 29.0. The summed E-state index contributed by atoms with van der Waals surface area (Å²) < 4.78 is 10.5. The van der Waals surface area contributed by atoms with Crippen LogP contribution in [0.2, 0.25) is 5.02 Å². The summed E-state index contributed by atoms with van der Waals surface area (Å²) in [5, 5.41) is 41.4. The Morgan fingerprint density at radius 2 is 1.92 bits per heavy atom. The topological polar surface area (TPSA) is 132 Å². The molecule has 0 radical (unpaired) electrons. The van der Waals surface area contributed by atoms with Crippen molar-refractivity contribution in [1.29, 1.82) is 0 Å². The smallest absolute Gasteiger partial charge is 0.547 e. The molecule has 0 unspecified atom stereocenters. The number of pyridine rings is 1. The van der Waals surface area contributed by atoms with Crippen LogP contribution in [0.15, 0.2) is 30.5 Å². The van der Waals surface area contributed by atoms with E-state index in [-0.39, 0.29) is 35.3 Å². The van der Waals surface area contributed by atoms with E-state index in [0.29, 0.717) is 15.9 Å². The molecule has 1 saturated heterocycles. The minimum absolute atomic E-state index is 0. The summed E-state index contributed by atoms with van der Waals surface area (Å²) in [4.78, 5) is 15.1. The van der Waals surface area contributed by atoms with Crippen LogP contribution in [-0.2, 0) is 9.53 Å². The van der Waals surface area contributed by atoms with E-state index in [1.165, 1.54) is 18.3 Å². The minimum Gasteiger partial charge on any atom is -0.547 e. The fraction of sp³-hybridized carbons (Fsp3) is 0.333. The molecule has 8 nitrogen and oxygen atoms in total. The molecule has 0 aliphatic carbocycles. The number of nitrogens with zero attached hydrogens (tertiary/aromatic N) is 1. The summed E-state index contributed by atoms with van der Waals surface area (Å²) in [5.74, 6) is -1.57. The Morgan fingerprint density at radius 1 is 1.20 bits per heavy atom. The van der Waals surface area contributed by atoms with Crippen LogP contribution in [0.1, 0.15) is 0 Å². The van der Waals surface area contributed by atoms with Gasteiger partial charge in [-0.2, -0.15) is 0 Å². The molecular weight excluding hydrogens is 365 g/mol. The van der Waals surface area contributed by atoms with Gasteiger partial charge in [-0.15, -0.1) is 0 Å². The summed E-state index contributed by atoms with van der Waals surface area (Å²) in [6, 6.07) is 6.39. The van der Waals surface area contributed by atoms with E-state index in [2.05, 4.69) is 4.98 Å². The number of aromatic nitrogens is 1. The zero-order valence-corrected chi connectivity index (χ0v) is 15.8. The van der Waals surface area contributed by atoms with E-state index in [4.69, 9.17) is 21.1 Å². The summed E-state index contributed by atoms with van der Waals surface area (Å²) >= 11 is 6.07. The minimum atomic E-state index is -1.85. The first-order chi connectivity index (χ1) is 11.4. The summed E-state index contributed by atoms with van der Waals surface area (Å²) in [6.45, 7) is 0. The second-order valence-electron chi connectivity index (χ2n) is 5.28. The number of hydrogen-bond acceptors (Lipinski definition) is 8. The van der Waals surface area contributed by atoms with Crippen molar-refractivity contribution >= 4 is 28.5 Å². The van der Waals surface area contributed by atoms with Gasteiger partial charge in [0.05, 0.1) is 11.0 Å². The molecule has 1 aliphatic rings. The maximum atomic E-state index is 11.0. The van der Waals surface area contributed by atoms with Crippen LogP contribution < -0.4 is 39.4 Å². The van der Waals surface area contributed by atoms with E-state index in [1.54, 1.807) is 12.1 Å². The third-order valence-corrected chi connectivity index (χ3v) is 4.05. The number of hydrogen-bond donors (Lipinski definition) is 3. The van der Waals surface area contributed by atoms with Crippen molar-refractivity contribution in [2.45, 2.75) is 30.7 Å². The summed E-state index contributed by atoms with van der Waals surface area (Å²) in [7, 11) is 0. The first kappa shape index (κ1) is 20.3. The van der Waals surface area contributed by atoms with Gasteiger partial charge in [0.1, 0.15) is 35.7 Å². The van der Waals surface area contributed by atoms with Crippen molar-refractivity contribution in [1.82, 2.24) is 4.98 Å². The van der Waals surface area contributed by atoms with Crippen LogP contribution in [0.5, 0.6) is 5.75 Å². The Kier molecular flexibility index (Phi) is 6.63. The molecule has 2 aromatic rings. The Labute approximate surface area is 169 Å². The quantitative estimate of drug-likeness (QED) is 0.459. The number of aliphatic hydroxyl groups excluding tert-OH is 3. The van der Waals surface area contributed by atoms with Crippen molar-refractivity contribution in [3.63, 3.8) is 0 Å². The third-order valence-electron chi connectivity index (χ3n) is 3.72. The molecule has 0 amide bonds. The molecule has 1 aliphatic heterocycles. The second kappa shape index (κ2) is 8.15. The summed E-state index contributed by atoms with van der Waals surface area (Å²) in [5.41, 5.74) is 0.367. The van der Waals surface area contributed by atoms with E-state index in [1.807, 2.05) is 0 Å². The number of aliphatic carboxylic acids is 1. The van der Waals surface area contributed by atoms with Gasteiger partial charge in [-0.1, -0.05) is 11.6 Å². The van der Waals surface area contributed by atoms with Gasteiger partial charge in [-0.3, -0.25) is 4.98 Å². The maximum absolute atomic E-state index is 11.0. The number of ether oxygens (including phenoxy) is 2. The van der Waals surface area contributed by atoms with E-state index in [0.717, 1.165) is 0 Å². The fourth-order valence-electron chi connectivity index (χ4n) is 2.47. The molecule has 3 rings (SSSR count). The largest absolute Gasteiger partial charge is 1.00 e. The standard InChI is InChI=1S/C15H14ClNO7.Na/c16-7-3-4-8(9-6(7)2-1-5-17-9)23-15-12(20)10(18)11(19)13(24-15)14(21)22;/h1-5,10-13,15,18-20H,(H,21,22);/q;+1/p-1/t10-,11-,12+,13-,15+;/m0./s1. The van der Waals surface area contributed by atoms with Crippen LogP contribution in [0, 0.1) is 0 Å². The number of halogens is 1. The Hall–Kier alpha value is -0.970. The number of fused-ring (bicyclic) bond motifs is 1. The first-order valence-electron chi connectivity index (χ1n) is 7.00. The van der Waals surface area contributed by atoms with Crippen LogP contribution >= 0.6 is 11.6 Å². The molecule has 1 fully saturated rings. The molecule has 1 aromatic carbocycles. The number of carbonyl (C=O) groups excluding carboxylic acids is 1. The van der Waals surface area contributed by atoms with Gasteiger partial charge in [-0.05, 0) is 24.3 Å².